The summed E-state index contributed by atoms with van der Waals surface area (Å²) in [6.07, 6.45) is 1.51. The standard InChI is InChI=1S/C23H29NO3/c1-18(2)27-22-10-8-20(9-11-22)21(16-19-6-4-3-5-7-19)17-23(25)24-12-14-26-15-13-24/h3-11,18,21H,12-17H2,1-2H3. The molecule has 1 fully saturated rings. The highest BCUT2D eigenvalue weighted by Crippen LogP contribution is 2.27. The summed E-state index contributed by atoms with van der Waals surface area (Å²) in [5, 5.41) is 0. The fourth-order valence-electron chi connectivity index (χ4n) is 3.45. The zero-order valence-electron chi connectivity index (χ0n) is 16.3. The normalized spacial score (nSPS) is 15.6. The predicted molar refractivity (Wildman–Crippen MR) is 107 cm³/mol. The Morgan fingerprint density at radius 3 is 2.33 bits per heavy atom. The van der Waals surface area contributed by atoms with Gasteiger partial charge in [-0.25, -0.2) is 0 Å². The van der Waals surface area contributed by atoms with Gasteiger partial charge in [0.1, 0.15) is 5.75 Å². The average Bonchev–Trinajstić information content (AvgIpc) is 2.69. The van der Waals surface area contributed by atoms with Crippen LogP contribution in [0.1, 0.15) is 37.3 Å². The molecule has 144 valence electrons. The van der Waals surface area contributed by atoms with Crippen LogP contribution in [0.5, 0.6) is 5.75 Å². The second kappa shape index (κ2) is 9.56. The number of hydrogen-bond donors (Lipinski definition) is 0. The Morgan fingerprint density at radius 2 is 1.70 bits per heavy atom. The van der Waals surface area contributed by atoms with Crippen molar-refractivity contribution in [1.82, 2.24) is 4.90 Å². The largest absolute Gasteiger partial charge is 0.491 e. The van der Waals surface area contributed by atoms with Gasteiger partial charge in [-0.1, -0.05) is 42.5 Å². The molecule has 1 aliphatic rings. The molecule has 0 N–H and O–H groups in total. The van der Waals surface area contributed by atoms with Crippen molar-refractivity contribution in [2.45, 2.75) is 38.7 Å². The third-order valence-corrected chi connectivity index (χ3v) is 4.83. The summed E-state index contributed by atoms with van der Waals surface area (Å²) in [6, 6.07) is 18.6. The van der Waals surface area contributed by atoms with Gasteiger partial charge in [0, 0.05) is 19.5 Å². The summed E-state index contributed by atoms with van der Waals surface area (Å²) < 4.78 is 11.1. The number of benzene rings is 2. The van der Waals surface area contributed by atoms with Crippen molar-refractivity contribution in [2.24, 2.45) is 0 Å². The SMILES string of the molecule is CC(C)Oc1ccc(C(CC(=O)N2CCOCC2)Cc2ccccc2)cc1. The van der Waals surface area contributed by atoms with Crippen LogP contribution in [0.4, 0.5) is 0 Å². The van der Waals surface area contributed by atoms with Gasteiger partial charge in [-0.3, -0.25) is 4.79 Å². The molecule has 0 aliphatic carbocycles. The minimum Gasteiger partial charge on any atom is -0.491 e. The van der Waals surface area contributed by atoms with Crippen LogP contribution in [0, 0.1) is 0 Å². The lowest BCUT2D eigenvalue weighted by Crippen LogP contribution is -2.41. The molecule has 2 aromatic rings. The second-order valence-electron chi connectivity index (χ2n) is 7.32. The van der Waals surface area contributed by atoms with E-state index in [0.717, 1.165) is 12.2 Å². The van der Waals surface area contributed by atoms with Gasteiger partial charge in [0.2, 0.25) is 5.91 Å². The van der Waals surface area contributed by atoms with Crippen LogP contribution in [0.15, 0.2) is 54.6 Å². The fourth-order valence-corrected chi connectivity index (χ4v) is 3.45. The predicted octanol–water partition coefficient (Wildman–Crippen LogP) is 4.05. The number of nitrogens with zero attached hydrogens (tertiary/aromatic N) is 1. The van der Waals surface area contributed by atoms with Crippen molar-refractivity contribution < 1.29 is 14.3 Å². The van der Waals surface area contributed by atoms with E-state index in [1.165, 1.54) is 11.1 Å². The van der Waals surface area contributed by atoms with Crippen molar-refractivity contribution >= 4 is 5.91 Å². The molecule has 1 saturated heterocycles. The molecule has 2 aromatic carbocycles. The van der Waals surface area contributed by atoms with Crippen LogP contribution in [0.2, 0.25) is 0 Å². The molecule has 1 heterocycles. The van der Waals surface area contributed by atoms with Crippen LogP contribution < -0.4 is 4.74 Å². The number of ether oxygens (including phenoxy) is 2. The molecule has 4 heteroatoms. The first-order valence-electron chi connectivity index (χ1n) is 9.78. The molecular formula is C23H29NO3. The second-order valence-corrected chi connectivity index (χ2v) is 7.32. The van der Waals surface area contributed by atoms with Crippen LogP contribution >= 0.6 is 0 Å². The minimum atomic E-state index is 0.149. The summed E-state index contributed by atoms with van der Waals surface area (Å²) in [7, 11) is 0. The van der Waals surface area contributed by atoms with Gasteiger partial charge in [0.05, 0.1) is 19.3 Å². The molecule has 4 nitrogen and oxygen atoms in total. The highest BCUT2D eigenvalue weighted by molar-refractivity contribution is 5.77. The molecule has 27 heavy (non-hydrogen) atoms. The lowest BCUT2D eigenvalue weighted by atomic mass is 9.88. The van der Waals surface area contributed by atoms with Crippen LogP contribution in [0.25, 0.3) is 0 Å². The lowest BCUT2D eigenvalue weighted by Gasteiger charge is -2.29. The quantitative estimate of drug-likeness (QED) is 0.741. The molecule has 1 amide bonds. The van der Waals surface area contributed by atoms with Crippen LogP contribution in [0.3, 0.4) is 0 Å². The monoisotopic (exact) mass is 367 g/mol. The van der Waals surface area contributed by atoms with Gasteiger partial charge >= 0.3 is 0 Å². The maximum Gasteiger partial charge on any atom is 0.223 e. The van der Waals surface area contributed by atoms with E-state index in [1.807, 2.05) is 36.9 Å². The van der Waals surface area contributed by atoms with Gasteiger partial charge in [0.25, 0.3) is 0 Å². The van der Waals surface area contributed by atoms with Crippen LogP contribution in [-0.2, 0) is 16.0 Å². The highest BCUT2D eigenvalue weighted by Gasteiger charge is 2.22. The van der Waals surface area contributed by atoms with Gasteiger partial charge in [-0.05, 0) is 49.4 Å². The summed E-state index contributed by atoms with van der Waals surface area (Å²) in [5.74, 6) is 1.23. The third kappa shape index (κ3) is 5.83. The third-order valence-electron chi connectivity index (χ3n) is 4.83. The van der Waals surface area contributed by atoms with Crippen molar-refractivity contribution in [3.63, 3.8) is 0 Å². The summed E-state index contributed by atoms with van der Waals surface area (Å²) in [4.78, 5) is 14.8. The van der Waals surface area contributed by atoms with Crippen molar-refractivity contribution in [1.29, 1.82) is 0 Å². The topological polar surface area (TPSA) is 38.8 Å². The van der Waals surface area contributed by atoms with Gasteiger partial charge in [0.15, 0.2) is 0 Å². The zero-order chi connectivity index (χ0) is 19.1. The first-order chi connectivity index (χ1) is 13.1. The Kier molecular flexibility index (Phi) is 6.88. The van der Waals surface area contributed by atoms with E-state index in [9.17, 15) is 4.79 Å². The fraction of sp³-hybridized carbons (Fsp3) is 0.435. The van der Waals surface area contributed by atoms with Crippen molar-refractivity contribution in [2.75, 3.05) is 26.3 Å². The van der Waals surface area contributed by atoms with E-state index in [2.05, 4.69) is 36.4 Å². The smallest absolute Gasteiger partial charge is 0.223 e. The Hall–Kier alpha value is -2.33. The first-order valence-corrected chi connectivity index (χ1v) is 9.78. The summed E-state index contributed by atoms with van der Waals surface area (Å²) in [6.45, 7) is 6.70. The highest BCUT2D eigenvalue weighted by atomic mass is 16.5. The Balaban J connectivity index is 1.75. The molecule has 1 unspecified atom stereocenters. The number of carbonyl (C=O) groups is 1. The van der Waals surface area contributed by atoms with Gasteiger partial charge in [-0.2, -0.15) is 0 Å². The molecule has 0 radical (unpaired) electrons. The van der Waals surface area contributed by atoms with Crippen molar-refractivity contribution in [3.05, 3.63) is 65.7 Å². The lowest BCUT2D eigenvalue weighted by molar-refractivity contribution is -0.135. The average molecular weight is 367 g/mol. The van der Waals surface area contributed by atoms with Gasteiger partial charge in [-0.15, -0.1) is 0 Å². The number of rotatable bonds is 7. The molecule has 0 spiro atoms. The van der Waals surface area contributed by atoms with E-state index < -0.39 is 0 Å². The number of hydrogen-bond acceptors (Lipinski definition) is 3. The number of carbonyl (C=O) groups excluding carboxylic acids is 1. The Labute approximate surface area is 162 Å². The molecule has 3 rings (SSSR count). The summed E-state index contributed by atoms with van der Waals surface area (Å²) >= 11 is 0. The van der Waals surface area contributed by atoms with E-state index in [1.54, 1.807) is 0 Å². The molecule has 0 saturated carbocycles. The first kappa shape index (κ1) is 19.4. The van der Waals surface area contributed by atoms with E-state index in [0.29, 0.717) is 32.7 Å². The van der Waals surface area contributed by atoms with E-state index >= 15 is 0 Å². The Bertz CT molecular complexity index is 706. The van der Waals surface area contributed by atoms with E-state index in [-0.39, 0.29) is 17.9 Å². The van der Waals surface area contributed by atoms with Crippen molar-refractivity contribution in [3.8, 4) is 5.75 Å². The van der Waals surface area contributed by atoms with E-state index in [4.69, 9.17) is 9.47 Å². The molecule has 0 aromatic heterocycles. The van der Waals surface area contributed by atoms with Gasteiger partial charge < -0.3 is 14.4 Å². The van der Waals surface area contributed by atoms with Crippen LogP contribution in [-0.4, -0.2) is 43.2 Å². The molecular weight excluding hydrogens is 338 g/mol. The summed E-state index contributed by atoms with van der Waals surface area (Å²) in [5.41, 5.74) is 2.43. The number of amides is 1. The number of morpholine rings is 1. The Morgan fingerprint density at radius 1 is 1.04 bits per heavy atom. The minimum absolute atomic E-state index is 0.149. The maximum absolute atomic E-state index is 12.8. The molecule has 1 aliphatic heterocycles. The maximum atomic E-state index is 12.8. The molecule has 1 atom stereocenters. The zero-order valence-corrected chi connectivity index (χ0v) is 16.3. The molecule has 0 bridgehead atoms.